The SMILES string of the molecule is CC(=O)O.CC1CN2CCN1CC2. The second-order valence-corrected chi connectivity index (χ2v) is 3.70. The van der Waals surface area contributed by atoms with Crippen LogP contribution in [-0.4, -0.2) is 59.6 Å². The molecule has 0 aromatic heterocycles. The average molecular weight is 186 g/mol. The largest absolute Gasteiger partial charge is 0.481 e. The Balaban J connectivity index is 0.000000184. The van der Waals surface area contributed by atoms with Gasteiger partial charge in [-0.25, -0.2) is 0 Å². The van der Waals surface area contributed by atoms with Crippen molar-refractivity contribution in [3.8, 4) is 0 Å². The second-order valence-electron chi connectivity index (χ2n) is 3.70. The fraction of sp³-hybridized carbons (Fsp3) is 0.889. The van der Waals surface area contributed by atoms with Gasteiger partial charge in [-0.05, 0) is 6.92 Å². The van der Waals surface area contributed by atoms with Crippen LogP contribution in [0.3, 0.4) is 0 Å². The van der Waals surface area contributed by atoms with Crippen LogP contribution < -0.4 is 0 Å². The van der Waals surface area contributed by atoms with Crippen LogP contribution in [0.2, 0.25) is 0 Å². The number of carboxylic acid groups (broad SMARTS) is 1. The summed E-state index contributed by atoms with van der Waals surface area (Å²) >= 11 is 0. The minimum Gasteiger partial charge on any atom is -0.481 e. The zero-order valence-electron chi connectivity index (χ0n) is 8.36. The molecule has 0 spiro atoms. The van der Waals surface area contributed by atoms with E-state index in [1.54, 1.807) is 0 Å². The molecule has 3 aliphatic rings. The molecule has 3 aliphatic heterocycles. The first kappa shape index (κ1) is 10.5. The lowest BCUT2D eigenvalue weighted by molar-refractivity contribution is -0.134. The van der Waals surface area contributed by atoms with Crippen molar-refractivity contribution < 1.29 is 9.90 Å². The molecule has 13 heavy (non-hydrogen) atoms. The first-order valence-corrected chi connectivity index (χ1v) is 4.75. The van der Waals surface area contributed by atoms with Gasteiger partial charge < -0.3 is 5.11 Å². The third-order valence-corrected chi connectivity index (χ3v) is 2.55. The molecule has 3 saturated heterocycles. The number of hydrogen-bond acceptors (Lipinski definition) is 3. The lowest BCUT2D eigenvalue weighted by Crippen LogP contribution is -2.59. The maximum absolute atomic E-state index is 9.00. The van der Waals surface area contributed by atoms with Crippen LogP contribution in [0.1, 0.15) is 13.8 Å². The molecule has 4 heteroatoms. The van der Waals surface area contributed by atoms with E-state index in [1.165, 1.54) is 32.7 Å². The molecule has 0 saturated carbocycles. The molecule has 0 aliphatic carbocycles. The van der Waals surface area contributed by atoms with Gasteiger partial charge in [0.15, 0.2) is 0 Å². The van der Waals surface area contributed by atoms with E-state index >= 15 is 0 Å². The Morgan fingerprint density at radius 2 is 1.77 bits per heavy atom. The maximum atomic E-state index is 9.00. The number of nitrogens with zero attached hydrogens (tertiary/aromatic N) is 2. The Kier molecular flexibility index (Phi) is 3.69. The fourth-order valence-electron chi connectivity index (χ4n) is 1.88. The first-order chi connectivity index (χ1) is 6.09. The van der Waals surface area contributed by atoms with Gasteiger partial charge in [0.05, 0.1) is 0 Å². The quantitative estimate of drug-likeness (QED) is 0.582. The third kappa shape index (κ3) is 3.32. The fourth-order valence-corrected chi connectivity index (χ4v) is 1.88. The number of aliphatic carboxylic acids is 1. The molecule has 0 aromatic carbocycles. The van der Waals surface area contributed by atoms with Gasteiger partial charge in [-0.1, -0.05) is 0 Å². The Labute approximate surface area is 79.1 Å². The van der Waals surface area contributed by atoms with Gasteiger partial charge in [-0.15, -0.1) is 0 Å². The lowest BCUT2D eigenvalue weighted by atomic mass is 10.1. The van der Waals surface area contributed by atoms with E-state index in [2.05, 4.69) is 16.7 Å². The highest BCUT2D eigenvalue weighted by atomic mass is 16.4. The average Bonchev–Trinajstić information content (AvgIpc) is 2.04. The highest BCUT2D eigenvalue weighted by molar-refractivity contribution is 5.62. The summed E-state index contributed by atoms with van der Waals surface area (Å²) < 4.78 is 0. The predicted molar refractivity (Wildman–Crippen MR) is 50.8 cm³/mol. The maximum Gasteiger partial charge on any atom is 0.300 e. The van der Waals surface area contributed by atoms with Crippen molar-refractivity contribution in [3.05, 3.63) is 0 Å². The summed E-state index contributed by atoms with van der Waals surface area (Å²) in [6.07, 6.45) is 0. The van der Waals surface area contributed by atoms with Crippen molar-refractivity contribution in [3.63, 3.8) is 0 Å². The second kappa shape index (κ2) is 4.58. The van der Waals surface area contributed by atoms with Crippen LogP contribution in [0.4, 0.5) is 0 Å². The van der Waals surface area contributed by atoms with Crippen LogP contribution in [-0.2, 0) is 4.79 Å². The summed E-state index contributed by atoms with van der Waals surface area (Å²) in [4.78, 5) is 14.1. The van der Waals surface area contributed by atoms with Crippen molar-refractivity contribution in [1.82, 2.24) is 9.80 Å². The molecule has 3 rings (SSSR count). The van der Waals surface area contributed by atoms with Crippen LogP contribution in [0.25, 0.3) is 0 Å². The monoisotopic (exact) mass is 186 g/mol. The lowest BCUT2D eigenvalue weighted by Gasteiger charge is -2.46. The van der Waals surface area contributed by atoms with Gasteiger partial charge in [0, 0.05) is 45.7 Å². The summed E-state index contributed by atoms with van der Waals surface area (Å²) in [6.45, 7) is 9.95. The van der Waals surface area contributed by atoms with Crippen LogP contribution in [0, 0.1) is 0 Å². The summed E-state index contributed by atoms with van der Waals surface area (Å²) in [7, 11) is 0. The van der Waals surface area contributed by atoms with E-state index in [-0.39, 0.29) is 0 Å². The van der Waals surface area contributed by atoms with Crippen LogP contribution in [0.15, 0.2) is 0 Å². The van der Waals surface area contributed by atoms with Crippen LogP contribution >= 0.6 is 0 Å². The predicted octanol–water partition coefficient (Wildman–Crippen LogP) is 0.0970. The van der Waals surface area contributed by atoms with Crippen LogP contribution in [0.5, 0.6) is 0 Å². The third-order valence-electron chi connectivity index (χ3n) is 2.55. The Bertz CT molecular complexity index is 172. The molecule has 4 nitrogen and oxygen atoms in total. The van der Waals surface area contributed by atoms with Crippen molar-refractivity contribution in [2.75, 3.05) is 32.7 Å². The van der Waals surface area contributed by atoms with Crippen molar-refractivity contribution >= 4 is 5.97 Å². The summed E-state index contributed by atoms with van der Waals surface area (Å²) in [6, 6.07) is 0.826. The molecule has 1 unspecified atom stereocenters. The smallest absolute Gasteiger partial charge is 0.300 e. The molecule has 0 aromatic rings. The van der Waals surface area contributed by atoms with E-state index in [1.807, 2.05) is 0 Å². The normalized spacial score (nSPS) is 36.3. The van der Waals surface area contributed by atoms with Gasteiger partial charge in [0.25, 0.3) is 5.97 Å². The van der Waals surface area contributed by atoms with E-state index in [0.29, 0.717) is 0 Å². The molecule has 76 valence electrons. The van der Waals surface area contributed by atoms with Crippen molar-refractivity contribution in [2.24, 2.45) is 0 Å². The zero-order chi connectivity index (χ0) is 9.84. The van der Waals surface area contributed by atoms with E-state index in [9.17, 15) is 0 Å². The van der Waals surface area contributed by atoms with E-state index in [4.69, 9.17) is 9.90 Å². The van der Waals surface area contributed by atoms with Gasteiger partial charge in [-0.3, -0.25) is 14.6 Å². The molecule has 2 bridgehead atoms. The standard InChI is InChI=1S/C7H14N2.C2H4O2/c1-7-6-8-2-4-9(7)5-3-8;1-2(3)4/h7H,2-6H2,1H3;1H3,(H,3,4). The molecule has 1 N–H and O–H groups in total. The molecular weight excluding hydrogens is 168 g/mol. The zero-order valence-corrected chi connectivity index (χ0v) is 8.36. The van der Waals surface area contributed by atoms with E-state index < -0.39 is 5.97 Å². The Morgan fingerprint density at radius 1 is 1.31 bits per heavy atom. The summed E-state index contributed by atoms with van der Waals surface area (Å²) in [5.41, 5.74) is 0. The molecule has 0 amide bonds. The van der Waals surface area contributed by atoms with Crippen molar-refractivity contribution in [1.29, 1.82) is 0 Å². The molecule has 3 heterocycles. The minimum absolute atomic E-state index is 0.826. The molecule has 0 radical (unpaired) electrons. The van der Waals surface area contributed by atoms with Gasteiger partial charge in [-0.2, -0.15) is 0 Å². The highest BCUT2D eigenvalue weighted by Crippen LogP contribution is 2.13. The number of hydrogen-bond donors (Lipinski definition) is 1. The molecule has 3 fully saturated rings. The van der Waals surface area contributed by atoms with Gasteiger partial charge in [0.1, 0.15) is 0 Å². The summed E-state index contributed by atoms with van der Waals surface area (Å²) in [5, 5.41) is 7.42. The summed E-state index contributed by atoms with van der Waals surface area (Å²) in [5.74, 6) is -0.833. The number of rotatable bonds is 0. The number of carbonyl (C=O) groups is 1. The van der Waals surface area contributed by atoms with Gasteiger partial charge in [0.2, 0.25) is 0 Å². The van der Waals surface area contributed by atoms with Crippen molar-refractivity contribution in [2.45, 2.75) is 19.9 Å². The number of piperazine rings is 3. The molecule has 1 atom stereocenters. The Hall–Kier alpha value is -0.610. The van der Waals surface area contributed by atoms with E-state index in [0.717, 1.165) is 13.0 Å². The Morgan fingerprint density at radius 3 is 1.92 bits per heavy atom. The minimum atomic E-state index is -0.833. The number of carboxylic acids is 1. The first-order valence-electron chi connectivity index (χ1n) is 4.75. The van der Waals surface area contributed by atoms with Gasteiger partial charge >= 0.3 is 0 Å². The molecular formula is C9H18N2O2. The highest BCUT2D eigenvalue weighted by Gasteiger charge is 2.28. The topological polar surface area (TPSA) is 43.8 Å². The number of fused-ring (bicyclic) bond motifs is 3.